The first-order chi connectivity index (χ1) is 19.0. The van der Waals surface area contributed by atoms with Gasteiger partial charge < -0.3 is 13.9 Å². The van der Waals surface area contributed by atoms with Crippen molar-refractivity contribution in [3.8, 4) is 16.9 Å². The van der Waals surface area contributed by atoms with Crippen molar-refractivity contribution in [3.63, 3.8) is 0 Å². The first-order valence-electron chi connectivity index (χ1n) is 13.8. The van der Waals surface area contributed by atoms with Gasteiger partial charge in [-0.2, -0.15) is 13.2 Å². The maximum Gasteiger partial charge on any atom is 0.401 e. The Labute approximate surface area is 232 Å². The Kier molecular flexibility index (Phi) is 8.76. The molecule has 3 unspecified atom stereocenters. The van der Waals surface area contributed by atoms with Gasteiger partial charge in [-0.3, -0.25) is 0 Å². The molecular weight excluding hydrogens is 521 g/mol. The van der Waals surface area contributed by atoms with E-state index < -0.39 is 35.4 Å². The van der Waals surface area contributed by atoms with E-state index in [9.17, 15) is 22.8 Å². The number of hydrogen-bond donors (Lipinski definition) is 0. The van der Waals surface area contributed by atoms with Crippen molar-refractivity contribution in [3.05, 3.63) is 76.7 Å². The van der Waals surface area contributed by atoms with Crippen molar-refractivity contribution in [2.75, 3.05) is 0 Å². The molecule has 1 aromatic heterocycles. The van der Waals surface area contributed by atoms with Crippen LogP contribution in [0.3, 0.4) is 0 Å². The molecule has 3 aromatic rings. The molecule has 0 saturated heterocycles. The standard InChI is InChI=1S/C32H35F3O5/c1-5-8-9-10-20-11-14-24(21(6-2)17-20)25-18-22-12-13-23(19-26(22)39-30(25)37)38-27-15-16-28(40-29(36)7-3)31(27,4)32(33,34)35/h7,11-14,17-19,27-28H,3,5-6,8-10,15-16H2,1-2,4H3. The van der Waals surface area contributed by atoms with E-state index in [2.05, 4.69) is 19.6 Å². The summed E-state index contributed by atoms with van der Waals surface area (Å²) in [5, 5.41) is 0.624. The van der Waals surface area contributed by atoms with Crippen molar-refractivity contribution in [2.45, 2.75) is 84.1 Å². The SMILES string of the molecule is C=CC(=O)OC1CCC(Oc2ccc3cc(-c4ccc(CCCCC)cc4CC)c(=O)oc3c2)C1(C)C(F)(F)F. The number of unbranched alkanes of at least 4 members (excludes halogenated alkanes) is 2. The summed E-state index contributed by atoms with van der Waals surface area (Å²) in [5.41, 5.74) is 0.789. The van der Waals surface area contributed by atoms with Crippen molar-refractivity contribution in [1.82, 2.24) is 0 Å². The molecule has 0 amide bonds. The fraction of sp³-hybridized carbons (Fsp3) is 0.438. The highest BCUT2D eigenvalue weighted by atomic mass is 19.4. The van der Waals surface area contributed by atoms with Gasteiger partial charge in [0.15, 0.2) is 0 Å². The van der Waals surface area contributed by atoms with Crippen LogP contribution in [0.1, 0.15) is 64.0 Å². The second-order valence-electron chi connectivity index (χ2n) is 10.5. The van der Waals surface area contributed by atoms with Crippen LogP contribution in [-0.4, -0.2) is 24.4 Å². The summed E-state index contributed by atoms with van der Waals surface area (Å²) in [6, 6.07) is 12.5. The Hall–Kier alpha value is -3.55. The summed E-state index contributed by atoms with van der Waals surface area (Å²) in [5.74, 6) is -0.785. The normalized spacial score (nSPS) is 20.9. The average Bonchev–Trinajstić information content (AvgIpc) is 3.24. The van der Waals surface area contributed by atoms with E-state index in [1.165, 1.54) is 18.1 Å². The highest BCUT2D eigenvalue weighted by Gasteiger charge is 2.66. The van der Waals surface area contributed by atoms with Gasteiger partial charge in [0.1, 0.15) is 29.0 Å². The molecule has 0 aliphatic heterocycles. The van der Waals surface area contributed by atoms with E-state index in [1.807, 2.05) is 19.1 Å². The molecule has 8 heteroatoms. The Bertz CT molecular complexity index is 1440. The Balaban J connectivity index is 1.62. The van der Waals surface area contributed by atoms with Gasteiger partial charge in [0.05, 0.1) is 5.56 Å². The highest BCUT2D eigenvalue weighted by molar-refractivity contribution is 5.83. The third kappa shape index (κ3) is 5.81. The summed E-state index contributed by atoms with van der Waals surface area (Å²) in [7, 11) is 0. The lowest BCUT2D eigenvalue weighted by atomic mass is 9.83. The second kappa shape index (κ2) is 11.9. The molecule has 0 N–H and O–H groups in total. The van der Waals surface area contributed by atoms with E-state index in [0.29, 0.717) is 10.9 Å². The Morgan fingerprint density at radius 2 is 1.82 bits per heavy atom. The zero-order valence-corrected chi connectivity index (χ0v) is 23.1. The number of alkyl halides is 3. The summed E-state index contributed by atoms with van der Waals surface area (Å²) >= 11 is 0. The zero-order valence-electron chi connectivity index (χ0n) is 23.1. The van der Waals surface area contributed by atoms with Crippen molar-refractivity contribution < 1.29 is 31.9 Å². The van der Waals surface area contributed by atoms with E-state index >= 15 is 0 Å². The third-order valence-electron chi connectivity index (χ3n) is 7.96. The van der Waals surface area contributed by atoms with Gasteiger partial charge in [0.25, 0.3) is 0 Å². The molecule has 40 heavy (non-hydrogen) atoms. The number of fused-ring (bicyclic) bond motifs is 1. The molecule has 1 fully saturated rings. The molecule has 1 aliphatic carbocycles. The molecule has 5 nitrogen and oxygen atoms in total. The van der Waals surface area contributed by atoms with E-state index in [0.717, 1.165) is 49.8 Å². The number of halogens is 3. The van der Waals surface area contributed by atoms with Crippen molar-refractivity contribution >= 4 is 16.9 Å². The van der Waals surface area contributed by atoms with Gasteiger partial charge in [-0.05, 0) is 73.9 Å². The molecule has 4 rings (SSSR count). The number of esters is 1. The monoisotopic (exact) mass is 556 g/mol. The number of aryl methyl sites for hydroxylation is 2. The number of benzene rings is 2. The molecule has 0 bridgehead atoms. The largest absolute Gasteiger partial charge is 0.489 e. The number of carbonyl (C=O) groups excluding carboxylic acids is 1. The number of hydrogen-bond acceptors (Lipinski definition) is 5. The van der Waals surface area contributed by atoms with Gasteiger partial charge in [0.2, 0.25) is 0 Å². The predicted octanol–water partition coefficient (Wildman–Crippen LogP) is 7.96. The van der Waals surface area contributed by atoms with Crippen LogP contribution >= 0.6 is 0 Å². The molecule has 1 heterocycles. The second-order valence-corrected chi connectivity index (χ2v) is 10.5. The predicted molar refractivity (Wildman–Crippen MR) is 148 cm³/mol. The van der Waals surface area contributed by atoms with Crippen molar-refractivity contribution in [1.29, 1.82) is 0 Å². The summed E-state index contributed by atoms with van der Waals surface area (Å²) in [4.78, 5) is 24.7. The highest BCUT2D eigenvalue weighted by Crippen LogP contribution is 2.53. The molecule has 214 valence electrons. The van der Waals surface area contributed by atoms with E-state index in [-0.39, 0.29) is 24.2 Å². The molecule has 3 atom stereocenters. The lowest BCUT2D eigenvalue weighted by Crippen LogP contribution is -2.51. The maximum absolute atomic E-state index is 14.2. The molecule has 2 aromatic carbocycles. The first-order valence-corrected chi connectivity index (χ1v) is 13.8. The van der Waals surface area contributed by atoms with Gasteiger partial charge in [-0.1, -0.05) is 51.5 Å². The summed E-state index contributed by atoms with van der Waals surface area (Å²) in [6.07, 6.45) is -1.37. The molecular formula is C32H35F3O5. The summed E-state index contributed by atoms with van der Waals surface area (Å²) in [6.45, 7) is 8.48. The van der Waals surface area contributed by atoms with Crippen LogP contribution in [-0.2, 0) is 22.4 Å². The van der Waals surface area contributed by atoms with Gasteiger partial charge in [-0.15, -0.1) is 0 Å². The van der Waals surface area contributed by atoms with E-state index in [1.54, 1.807) is 18.2 Å². The lowest BCUT2D eigenvalue weighted by Gasteiger charge is -2.37. The van der Waals surface area contributed by atoms with Crippen LogP contribution in [0.15, 0.2) is 64.3 Å². The quantitative estimate of drug-likeness (QED) is 0.110. The first kappa shape index (κ1) is 29.4. The van der Waals surface area contributed by atoms with Crippen LogP contribution in [0.25, 0.3) is 22.1 Å². The maximum atomic E-state index is 14.2. The number of rotatable bonds is 10. The number of ether oxygens (including phenoxy) is 2. The van der Waals surface area contributed by atoms with E-state index in [4.69, 9.17) is 13.9 Å². The zero-order chi connectivity index (χ0) is 29.1. The molecule has 0 spiro atoms. The lowest BCUT2D eigenvalue weighted by molar-refractivity contribution is -0.262. The average molecular weight is 557 g/mol. The number of carbonyl (C=O) groups is 1. The fourth-order valence-electron chi connectivity index (χ4n) is 5.48. The van der Waals surface area contributed by atoms with Crippen molar-refractivity contribution in [2.24, 2.45) is 5.41 Å². The molecule has 1 aliphatic rings. The van der Waals surface area contributed by atoms with Crippen LogP contribution in [0.2, 0.25) is 0 Å². The van der Waals surface area contributed by atoms with Crippen LogP contribution in [0.5, 0.6) is 5.75 Å². The van der Waals surface area contributed by atoms with Crippen LogP contribution < -0.4 is 10.4 Å². The minimum atomic E-state index is -4.69. The topological polar surface area (TPSA) is 65.7 Å². The molecule has 1 saturated carbocycles. The fourth-order valence-corrected chi connectivity index (χ4v) is 5.48. The Morgan fingerprint density at radius 1 is 1.07 bits per heavy atom. The van der Waals surface area contributed by atoms with Gasteiger partial charge in [0, 0.05) is 17.5 Å². The van der Waals surface area contributed by atoms with Gasteiger partial charge >= 0.3 is 17.8 Å². The minimum Gasteiger partial charge on any atom is -0.489 e. The summed E-state index contributed by atoms with van der Waals surface area (Å²) < 4.78 is 59.2. The minimum absolute atomic E-state index is 0.0105. The third-order valence-corrected chi connectivity index (χ3v) is 7.96. The Morgan fingerprint density at radius 3 is 2.50 bits per heavy atom. The smallest absolute Gasteiger partial charge is 0.401 e. The molecule has 0 radical (unpaired) electrons. The van der Waals surface area contributed by atoms with Crippen LogP contribution in [0.4, 0.5) is 13.2 Å². The van der Waals surface area contributed by atoms with Crippen LogP contribution in [0, 0.1) is 5.41 Å². The van der Waals surface area contributed by atoms with Gasteiger partial charge in [-0.25, -0.2) is 9.59 Å².